The number of aliphatic carboxylic acids is 1. The van der Waals surface area contributed by atoms with Crippen LogP contribution in [0.3, 0.4) is 0 Å². The maximum atomic E-state index is 11.1. The Bertz CT molecular complexity index is 431. The molecule has 17 heavy (non-hydrogen) atoms. The van der Waals surface area contributed by atoms with Crippen LogP contribution in [0.25, 0.3) is 0 Å². The van der Waals surface area contributed by atoms with Crippen LogP contribution in [0.1, 0.15) is 31.2 Å². The van der Waals surface area contributed by atoms with E-state index in [0.717, 1.165) is 24.2 Å². The zero-order valence-corrected chi connectivity index (χ0v) is 10.4. The molecule has 2 rings (SSSR count). The van der Waals surface area contributed by atoms with Crippen LogP contribution in [0, 0.1) is 5.92 Å². The normalized spacial score (nSPS) is 20.9. The van der Waals surface area contributed by atoms with Gasteiger partial charge in [0.2, 0.25) is 0 Å². The zero-order valence-electron chi connectivity index (χ0n) is 9.65. The van der Waals surface area contributed by atoms with E-state index in [-0.39, 0.29) is 5.92 Å². The van der Waals surface area contributed by atoms with Gasteiger partial charge in [0.25, 0.3) is 0 Å². The van der Waals surface area contributed by atoms with Crippen molar-refractivity contribution in [2.75, 3.05) is 6.61 Å². The summed E-state index contributed by atoms with van der Waals surface area (Å²) < 4.78 is 5.61. The van der Waals surface area contributed by atoms with Crippen LogP contribution in [0.2, 0.25) is 5.02 Å². The summed E-state index contributed by atoms with van der Waals surface area (Å²) >= 11 is 5.98. The number of hydrogen-bond donors (Lipinski definition) is 1. The molecule has 0 radical (unpaired) electrons. The lowest BCUT2D eigenvalue weighted by molar-refractivity contribution is -0.141. The van der Waals surface area contributed by atoms with Crippen LogP contribution in [0.4, 0.5) is 0 Å². The Kier molecular flexibility index (Phi) is 3.57. The van der Waals surface area contributed by atoms with Crippen molar-refractivity contribution in [3.8, 4) is 5.75 Å². The molecule has 1 N–H and O–H groups in total. The number of carboxylic acid groups (broad SMARTS) is 1. The van der Waals surface area contributed by atoms with E-state index in [1.165, 1.54) is 0 Å². The van der Waals surface area contributed by atoms with Gasteiger partial charge in [-0.25, -0.2) is 0 Å². The predicted molar refractivity (Wildman–Crippen MR) is 65.7 cm³/mol. The Morgan fingerprint density at radius 3 is 3.06 bits per heavy atom. The average Bonchev–Trinajstić information content (AvgIpc) is 2.49. The monoisotopic (exact) mass is 254 g/mol. The Balaban J connectivity index is 2.41. The minimum atomic E-state index is -0.775. The molecule has 0 spiro atoms. The molecule has 0 aliphatic carbocycles. The molecular weight excluding hydrogens is 240 g/mol. The Morgan fingerprint density at radius 2 is 2.35 bits per heavy atom. The molecule has 0 saturated heterocycles. The molecule has 0 aromatic heterocycles. The molecule has 3 nitrogen and oxygen atoms in total. The van der Waals surface area contributed by atoms with Crippen LogP contribution >= 0.6 is 11.6 Å². The fourth-order valence-corrected chi connectivity index (χ4v) is 2.45. The van der Waals surface area contributed by atoms with Crippen LogP contribution in [-0.4, -0.2) is 17.7 Å². The Hall–Kier alpha value is -1.22. The number of carboxylic acids is 1. The molecular formula is C13H15ClO3. The van der Waals surface area contributed by atoms with Crippen molar-refractivity contribution in [2.45, 2.75) is 25.7 Å². The van der Waals surface area contributed by atoms with Gasteiger partial charge in [0, 0.05) is 10.9 Å². The molecule has 0 bridgehead atoms. The number of fused-ring (bicyclic) bond motifs is 1. The third kappa shape index (κ3) is 2.55. The number of hydrogen-bond acceptors (Lipinski definition) is 2. The van der Waals surface area contributed by atoms with E-state index >= 15 is 0 Å². The molecule has 1 aliphatic heterocycles. The fourth-order valence-electron chi connectivity index (χ4n) is 2.27. The zero-order chi connectivity index (χ0) is 12.4. The first-order valence-corrected chi connectivity index (χ1v) is 6.12. The second-order valence-electron chi connectivity index (χ2n) is 4.41. The number of rotatable bonds is 2. The standard InChI is InChI=1S/C13H15ClO3/c1-8(13(15)16)10-3-2-6-17-12-5-4-9(14)7-11(10)12/h4-5,7-8,10H,2-3,6H2,1H3,(H,15,16). The lowest BCUT2D eigenvalue weighted by Crippen LogP contribution is -2.18. The van der Waals surface area contributed by atoms with Gasteiger partial charge in [-0.15, -0.1) is 0 Å². The number of carbonyl (C=O) groups is 1. The summed E-state index contributed by atoms with van der Waals surface area (Å²) in [6.45, 7) is 2.38. The SMILES string of the molecule is CC(C(=O)O)C1CCCOc2ccc(Cl)cc21. The van der Waals surface area contributed by atoms with Gasteiger partial charge in [-0.2, -0.15) is 0 Å². The van der Waals surface area contributed by atoms with Gasteiger partial charge in [-0.1, -0.05) is 18.5 Å². The molecule has 92 valence electrons. The maximum absolute atomic E-state index is 11.1. The van der Waals surface area contributed by atoms with Crippen molar-refractivity contribution < 1.29 is 14.6 Å². The summed E-state index contributed by atoms with van der Waals surface area (Å²) in [6, 6.07) is 5.42. The Morgan fingerprint density at radius 1 is 1.59 bits per heavy atom. The summed E-state index contributed by atoms with van der Waals surface area (Å²) in [5.41, 5.74) is 0.921. The third-order valence-corrected chi connectivity index (χ3v) is 3.52. The van der Waals surface area contributed by atoms with Crippen LogP contribution < -0.4 is 4.74 Å². The van der Waals surface area contributed by atoms with Crippen LogP contribution in [0.5, 0.6) is 5.75 Å². The molecule has 1 aromatic carbocycles. The summed E-state index contributed by atoms with van der Waals surface area (Å²) in [6.07, 6.45) is 1.69. The molecule has 0 fully saturated rings. The molecule has 0 saturated carbocycles. The lowest BCUT2D eigenvalue weighted by Gasteiger charge is -2.20. The van der Waals surface area contributed by atoms with E-state index in [0.29, 0.717) is 11.6 Å². The molecule has 1 aromatic rings. The van der Waals surface area contributed by atoms with Crippen molar-refractivity contribution in [2.24, 2.45) is 5.92 Å². The lowest BCUT2D eigenvalue weighted by atomic mass is 9.84. The molecule has 1 aliphatic rings. The van der Waals surface area contributed by atoms with E-state index in [1.54, 1.807) is 13.0 Å². The smallest absolute Gasteiger partial charge is 0.306 e. The summed E-state index contributed by atoms with van der Waals surface area (Å²) in [4.78, 5) is 11.1. The molecule has 0 amide bonds. The molecule has 1 heterocycles. The highest BCUT2D eigenvalue weighted by atomic mass is 35.5. The van der Waals surface area contributed by atoms with Gasteiger partial charge in [-0.3, -0.25) is 4.79 Å². The first kappa shape index (κ1) is 12.2. The highest BCUT2D eigenvalue weighted by Gasteiger charge is 2.29. The van der Waals surface area contributed by atoms with Crippen LogP contribution in [-0.2, 0) is 4.79 Å². The molecule has 2 atom stereocenters. The highest BCUT2D eigenvalue weighted by molar-refractivity contribution is 6.30. The van der Waals surface area contributed by atoms with Gasteiger partial charge < -0.3 is 9.84 Å². The predicted octanol–water partition coefficient (Wildman–Crippen LogP) is 3.32. The van der Waals surface area contributed by atoms with Gasteiger partial charge in [-0.05, 0) is 36.6 Å². The van der Waals surface area contributed by atoms with E-state index in [1.807, 2.05) is 12.1 Å². The third-order valence-electron chi connectivity index (χ3n) is 3.28. The first-order valence-electron chi connectivity index (χ1n) is 5.74. The minimum absolute atomic E-state index is 0.0244. The topological polar surface area (TPSA) is 46.5 Å². The summed E-state index contributed by atoms with van der Waals surface area (Å²) in [7, 11) is 0. The summed E-state index contributed by atoms with van der Waals surface area (Å²) in [5, 5.41) is 9.77. The molecule has 4 heteroatoms. The second kappa shape index (κ2) is 4.96. The molecule has 2 unspecified atom stereocenters. The van der Waals surface area contributed by atoms with E-state index in [9.17, 15) is 4.79 Å². The van der Waals surface area contributed by atoms with Gasteiger partial charge in [0.15, 0.2) is 0 Å². The largest absolute Gasteiger partial charge is 0.493 e. The van der Waals surface area contributed by atoms with Crippen molar-refractivity contribution in [1.82, 2.24) is 0 Å². The van der Waals surface area contributed by atoms with Crippen molar-refractivity contribution in [3.05, 3.63) is 28.8 Å². The van der Waals surface area contributed by atoms with Gasteiger partial charge in [0.05, 0.1) is 12.5 Å². The first-order chi connectivity index (χ1) is 8.09. The van der Waals surface area contributed by atoms with Crippen molar-refractivity contribution in [3.63, 3.8) is 0 Å². The average molecular weight is 255 g/mol. The minimum Gasteiger partial charge on any atom is -0.493 e. The van der Waals surface area contributed by atoms with Gasteiger partial charge >= 0.3 is 5.97 Å². The quantitative estimate of drug-likeness (QED) is 0.881. The number of ether oxygens (including phenoxy) is 1. The Labute approximate surface area is 105 Å². The summed E-state index contributed by atoms with van der Waals surface area (Å²) in [5.74, 6) is -0.453. The highest BCUT2D eigenvalue weighted by Crippen LogP contribution is 2.39. The number of halogens is 1. The van der Waals surface area contributed by atoms with E-state index in [4.69, 9.17) is 21.4 Å². The van der Waals surface area contributed by atoms with E-state index in [2.05, 4.69) is 0 Å². The van der Waals surface area contributed by atoms with Crippen LogP contribution in [0.15, 0.2) is 18.2 Å². The fraction of sp³-hybridized carbons (Fsp3) is 0.462. The van der Waals surface area contributed by atoms with Crippen molar-refractivity contribution >= 4 is 17.6 Å². The maximum Gasteiger partial charge on any atom is 0.306 e. The van der Waals surface area contributed by atoms with E-state index < -0.39 is 11.9 Å². The van der Waals surface area contributed by atoms with Gasteiger partial charge in [0.1, 0.15) is 5.75 Å². The number of benzene rings is 1. The van der Waals surface area contributed by atoms with Crippen molar-refractivity contribution in [1.29, 1.82) is 0 Å². The second-order valence-corrected chi connectivity index (χ2v) is 4.84.